The van der Waals surface area contributed by atoms with Gasteiger partial charge >= 0.3 is 0 Å². The molecule has 9 nitrogen and oxygen atoms in total. The summed E-state index contributed by atoms with van der Waals surface area (Å²) in [6.07, 6.45) is 1.42. The molecule has 0 aliphatic carbocycles. The maximum Gasteiger partial charge on any atom is 0.238 e. The van der Waals surface area contributed by atoms with Gasteiger partial charge in [0, 0.05) is 29.5 Å². The van der Waals surface area contributed by atoms with Crippen LogP contribution in [-0.2, 0) is 19.6 Å². The van der Waals surface area contributed by atoms with Crippen LogP contribution >= 0.6 is 0 Å². The van der Waals surface area contributed by atoms with E-state index in [2.05, 4.69) is 20.8 Å². The normalized spacial score (nSPS) is 16.8. The molecule has 0 bridgehead atoms. The number of nitrogens with one attached hydrogen (secondary N) is 3. The van der Waals surface area contributed by atoms with E-state index in [9.17, 15) is 22.4 Å². The molecule has 4 rings (SSSR count). The second-order valence-corrected chi connectivity index (χ2v) is 9.15. The molecular formula is C21H20FN5O4S. The van der Waals surface area contributed by atoms with Crippen LogP contribution in [0, 0.1) is 5.82 Å². The number of aromatic nitrogens is 2. The molecule has 0 saturated carbocycles. The third-order valence-electron chi connectivity index (χ3n) is 5.36. The van der Waals surface area contributed by atoms with Gasteiger partial charge in [-0.05, 0) is 36.3 Å². The third-order valence-corrected chi connectivity index (χ3v) is 6.27. The first kappa shape index (κ1) is 21.7. The van der Waals surface area contributed by atoms with Crippen LogP contribution in [0.1, 0.15) is 31.2 Å². The molecule has 32 heavy (non-hydrogen) atoms. The lowest BCUT2D eigenvalue weighted by Gasteiger charge is -2.28. The lowest BCUT2D eigenvalue weighted by atomic mass is 9.83. The third kappa shape index (κ3) is 4.39. The molecule has 0 saturated heterocycles. The Hall–Kier alpha value is -3.57. The van der Waals surface area contributed by atoms with Gasteiger partial charge in [0.25, 0.3) is 0 Å². The quantitative estimate of drug-likeness (QED) is 0.464. The topological polar surface area (TPSA) is 147 Å². The summed E-state index contributed by atoms with van der Waals surface area (Å²) >= 11 is 0. The first-order valence-electron chi connectivity index (χ1n) is 9.66. The standard InChI is InChI=1S/C21H20FN5O4S/c1-11-15(7-21(29)26-19-6-13-10-24-27-18(13)9-17(19)22)16(8-20(28)25-11)12-3-2-4-14(5-12)32(23,30)31/h2-6,9-10,16H,7-8H2,1H3,(H,24,27)(H,25,28)(H,26,29)(H2,23,30,31). The van der Waals surface area contributed by atoms with E-state index < -0.39 is 27.7 Å². The van der Waals surface area contributed by atoms with Crippen LogP contribution in [-0.4, -0.2) is 30.4 Å². The fraction of sp³-hybridized carbons (Fsp3) is 0.190. The molecule has 3 aromatic rings. The predicted molar refractivity (Wildman–Crippen MR) is 115 cm³/mol. The minimum absolute atomic E-state index is 0.00905. The highest BCUT2D eigenvalue weighted by Crippen LogP contribution is 2.35. The van der Waals surface area contributed by atoms with Crippen molar-refractivity contribution in [1.82, 2.24) is 15.5 Å². The van der Waals surface area contributed by atoms with Gasteiger partial charge in [-0.1, -0.05) is 12.1 Å². The minimum Gasteiger partial charge on any atom is -0.330 e. The maximum atomic E-state index is 14.4. The van der Waals surface area contributed by atoms with Crippen LogP contribution in [0.3, 0.4) is 0 Å². The van der Waals surface area contributed by atoms with Crippen molar-refractivity contribution in [1.29, 1.82) is 0 Å². The van der Waals surface area contributed by atoms with E-state index in [0.717, 1.165) is 0 Å². The number of nitrogens with zero attached hydrogens (tertiary/aromatic N) is 1. The number of carbonyl (C=O) groups excluding carboxylic acids is 2. The Kier molecular flexibility index (Phi) is 5.53. The summed E-state index contributed by atoms with van der Waals surface area (Å²) < 4.78 is 37.9. The molecule has 1 aliphatic heterocycles. The van der Waals surface area contributed by atoms with Crippen molar-refractivity contribution in [2.45, 2.75) is 30.6 Å². The number of rotatable bonds is 5. The smallest absolute Gasteiger partial charge is 0.238 e. The number of nitrogens with two attached hydrogens (primary N) is 1. The zero-order chi connectivity index (χ0) is 23.0. The van der Waals surface area contributed by atoms with Crippen LogP contribution in [0.5, 0.6) is 0 Å². The van der Waals surface area contributed by atoms with Crippen molar-refractivity contribution < 1.29 is 22.4 Å². The Bertz CT molecular complexity index is 1380. The zero-order valence-corrected chi connectivity index (χ0v) is 17.8. The number of benzene rings is 2. The van der Waals surface area contributed by atoms with Crippen molar-refractivity contribution in [3.8, 4) is 0 Å². The molecule has 1 aliphatic rings. The summed E-state index contributed by atoms with van der Waals surface area (Å²) in [6.45, 7) is 1.66. The summed E-state index contributed by atoms with van der Waals surface area (Å²) in [7, 11) is -3.94. The van der Waals surface area contributed by atoms with E-state index in [1.165, 1.54) is 36.5 Å². The van der Waals surface area contributed by atoms with Crippen molar-refractivity contribution in [2.75, 3.05) is 5.32 Å². The molecule has 11 heteroatoms. The van der Waals surface area contributed by atoms with E-state index in [1.807, 2.05) is 0 Å². The molecular weight excluding hydrogens is 437 g/mol. The van der Waals surface area contributed by atoms with Crippen LogP contribution in [0.25, 0.3) is 10.9 Å². The molecule has 0 spiro atoms. The van der Waals surface area contributed by atoms with Crippen molar-refractivity contribution in [3.05, 3.63) is 65.2 Å². The average molecular weight is 457 g/mol. The van der Waals surface area contributed by atoms with Crippen LogP contribution in [0.15, 0.2) is 58.8 Å². The molecule has 2 amide bonds. The van der Waals surface area contributed by atoms with E-state index >= 15 is 0 Å². The first-order valence-corrected chi connectivity index (χ1v) is 11.2. The Balaban J connectivity index is 1.62. The minimum atomic E-state index is -3.94. The van der Waals surface area contributed by atoms with E-state index in [0.29, 0.717) is 27.7 Å². The first-order chi connectivity index (χ1) is 15.1. The highest BCUT2D eigenvalue weighted by Gasteiger charge is 2.29. The number of halogens is 1. The SMILES string of the molecule is CC1=C(CC(=O)Nc2cc3cn[nH]c3cc2F)C(c2cccc(S(N)(=O)=O)c2)CC(=O)N1. The number of carbonyl (C=O) groups is 2. The number of hydrogen-bond acceptors (Lipinski definition) is 5. The number of amides is 2. The van der Waals surface area contributed by atoms with E-state index in [1.54, 1.807) is 13.0 Å². The van der Waals surface area contributed by atoms with Gasteiger partial charge in [0.1, 0.15) is 5.82 Å². The number of allylic oxidation sites excluding steroid dienone is 1. The number of sulfonamides is 1. The second kappa shape index (κ2) is 8.17. The molecule has 0 fully saturated rings. The van der Waals surface area contributed by atoms with Crippen molar-refractivity contribution in [3.63, 3.8) is 0 Å². The van der Waals surface area contributed by atoms with Gasteiger partial charge in [-0.2, -0.15) is 5.10 Å². The van der Waals surface area contributed by atoms with Gasteiger partial charge in [-0.3, -0.25) is 14.7 Å². The number of fused-ring (bicyclic) bond motifs is 1. The van der Waals surface area contributed by atoms with Crippen LogP contribution < -0.4 is 15.8 Å². The lowest BCUT2D eigenvalue weighted by Crippen LogP contribution is -2.32. The Morgan fingerprint density at radius 1 is 1.31 bits per heavy atom. The van der Waals surface area contributed by atoms with Gasteiger partial charge in [0.05, 0.1) is 28.7 Å². The largest absolute Gasteiger partial charge is 0.330 e. The number of H-pyrrole nitrogens is 1. The number of anilines is 1. The molecule has 0 radical (unpaired) electrons. The molecule has 1 atom stereocenters. The number of hydrogen-bond donors (Lipinski definition) is 4. The summed E-state index contributed by atoms with van der Waals surface area (Å²) in [5.41, 5.74) is 2.14. The molecule has 2 aromatic carbocycles. The second-order valence-electron chi connectivity index (χ2n) is 7.59. The molecule has 1 aromatic heterocycles. The molecule has 5 N–H and O–H groups in total. The molecule has 1 unspecified atom stereocenters. The number of primary sulfonamides is 1. The molecule has 166 valence electrons. The summed E-state index contributed by atoms with van der Waals surface area (Å²) in [6, 6.07) is 8.68. The Morgan fingerprint density at radius 3 is 2.84 bits per heavy atom. The zero-order valence-electron chi connectivity index (χ0n) is 17.0. The van der Waals surface area contributed by atoms with Gasteiger partial charge in [0.15, 0.2) is 0 Å². The molecule has 2 heterocycles. The Morgan fingerprint density at radius 2 is 2.09 bits per heavy atom. The van der Waals surface area contributed by atoms with Gasteiger partial charge in [0.2, 0.25) is 21.8 Å². The Labute approximate surface area is 182 Å². The van der Waals surface area contributed by atoms with Gasteiger partial charge < -0.3 is 10.6 Å². The summed E-state index contributed by atoms with van der Waals surface area (Å²) in [4.78, 5) is 24.8. The van der Waals surface area contributed by atoms with Gasteiger partial charge in [-0.25, -0.2) is 17.9 Å². The predicted octanol–water partition coefficient (Wildman–Crippen LogP) is 2.26. The summed E-state index contributed by atoms with van der Waals surface area (Å²) in [5.74, 6) is -1.88. The van der Waals surface area contributed by atoms with Gasteiger partial charge in [-0.15, -0.1) is 0 Å². The van der Waals surface area contributed by atoms with Crippen molar-refractivity contribution in [2.24, 2.45) is 5.14 Å². The monoisotopic (exact) mass is 457 g/mol. The van der Waals surface area contributed by atoms with Crippen LogP contribution in [0.2, 0.25) is 0 Å². The average Bonchev–Trinajstić information content (AvgIpc) is 3.16. The lowest BCUT2D eigenvalue weighted by molar-refractivity contribution is -0.121. The highest BCUT2D eigenvalue weighted by atomic mass is 32.2. The summed E-state index contributed by atoms with van der Waals surface area (Å²) in [5, 5.41) is 17.6. The maximum absolute atomic E-state index is 14.4. The van der Waals surface area contributed by atoms with E-state index in [4.69, 9.17) is 5.14 Å². The van der Waals surface area contributed by atoms with Crippen molar-refractivity contribution >= 4 is 38.4 Å². The fourth-order valence-electron chi connectivity index (χ4n) is 3.82. The number of aromatic amines is 1. The van der Waals surface area contributed by atoms with E-state index in [-0.39, 0.29) is 29.3 Å². The highest BCUT2D eigenvalue weighted by molar-refractivity contribution is 7.89. The fourth-order valence-corrected chi connectivity index (χ4v) is 4.39. The van der Waals surface area contributed by atoms with Crippen LogP contribution in [0.4, 0.5) is 10.1 Å².